The Labute approximate surface area is 209 Å². The maximum absolute atomic E-state index is 14.6. The van der Waals surface area contributed by atoms with Crippen molar-refractivity contribution in [3.8, 4) is 29.4 Å². The lowest BCUT2D eigenvalue weighted by Crippen LogP contribution is -1.95. The van der Waals surface area contributed by atoms with Crippen LogP contribution in [0.2, 0.25) is 0 Å². The van der Waals surface area contributed by atoms with E-state index in [1.54, 1.807) is 12.2 Å². The molecule has 0 aliphatic carbocycles. The van der Waals surface area contributed by atoms with Gasteiger partial charge in [-0.1, -0.05) is 41.9 Å². The molecule has 0 amide bonds. The number of allylic oxidation sites excluding steroid dienone is 1. The van der Waals surface area contributed by atoms with Crippen molar-refractivity contribution in [2.24, 2.45) is 0 Å². The third-order valence-electron chi connectivity index (χ3n) is 5.21. The molecule has 4 aromatic rings. The standard InChI is InChI=1S/C30H16F6O/c1-2-3-12-37-22-9-8-20(25(31)17-22)7-4-19-14-26(32)24(27(33)15-19)11-6-18-5-10-23-21(13-18)16-28(34)30(36)29(23)35/h2-3,5,8-10,13-17H,12H2,1H3/b3-2+. The summed E-state index contributed by atoms with van der Waals surface area (Å²) >= 11 is 0. The molecule has 0 saturated heterocycles. The highest BCUT2D eigenvalue weighted by atomic mass is 19.2. The van der Waals surface area contributed by atoms with E-state index in [2.05, 4.69) is 23.7 Å². The highest BCUT2D eigenvalue weighted by molar-refractivity contribution is 5.84. The van der Waals surface area contributed by atoms with Crippen molar-refractivity contribution in [3.05, 3.63) is 124 Å². The van der Waals surface area contributed by atoms with E-state index in [-0.39, 0.29) is 34.1 Å². The number of hydrogen-bond donors (Lipinski definition) is 0. The van der Waals surface area contributed by atoms with Gasteiger partial charge in [-0.2, -0.15) is 0 Å². The Kier molecular flexibility index (Phi) is 7.55. The molecule has 0 aromatic heterocycles. The third-order valence-corrected chi connectivity index (χ3v) is 5.21. The summed E-state index contributed by atoms with van der Waals surface area (Å²) < 4.78 is 89.5. The Morgan fingerprint density at radius 3 is 2.11 bits per heavy atom. The van der Waals surface area contributed by atoms with E-state index in [9.17, 15) is 26.3 Å². The third kappa shape index (κ3) is 5.79. The number of rotatable bonds is 3. The average Bonchev–Trinajstić information content (AvgIpc) is 2.86. The molecule has 0 fully saturated rings. The van der Waals surface area contributed by atoms with Gasteiger partial charge in [0, 0.05) is 22.6 Å². The van der Waals surface area contributed by atoms with Crippen LogP contribution >= 0.6 is 0 Å². The van der Waals surface area contributed by atoms with Crippen molar-refractivity contribution >= 4 is 10.8 Å². The first kappa shape index (κ1) is 25.5. The molecule has 0 aliphatic rings. The van der Waals surface area contributed by atoms with Crippen molar-refractivity contribution in [1.29, 1.82) is 0 Å². The normalized spacial score (nSPS) is 10.7. The molecule has 184 valence electrons. The predicted octanol–water partition coefficient (Wildman–Crippen LogP) is 7.43. The molecule has 7 heteroatoms. The van der Waals surface area contributed by atoms with Gasteiger partial charge < -0.3 is 4.74 Å². The van der Waals surface area contributed by atoms with E-state index in [0.29, 0.717) is 5.75 Å². The molecule has 0 bridgehead atoms. The number of halogens is 6. The van der Waals surface area contributed by atoms with Gasteiger partial charge in [-0.05, 0) is 54.8 Å². The first-order chi connectivity index (χ1) is 17.8. The maximum atomic E-state index is 14.6. The smallest absolute Gasteiger partial charge is 0.195 e. The second-order valence-electron chi connectivity index (χ2n) is 7.76. The minimum absolute atomic E-state index is 0.0205. The van der Waals surface area contributed by atoms with Gasteiger partial charge in [-0.3, -0.25) is 0 Å². The minimum Gasteiger partial charge on any atom is -0.489 e. The fourth-order valence-electron chi connectivity index (χ4n) is 3.35. The van der Waals surface area contributed by atoms with Gasteiger partial charge in [0.25, 0.3) is 0 Å². The van der Waals surface area contributed by atoms with Gasteiger partial charge in [-0.15, -0.1) is 0 Å². The van der Waals surface area contributed by atoms with E-state index >= 15 is 0 Å². The molecule has 0 aliphatic heterocycles. The minimum atomic E-state index is -1.59. The summed E-state index contributed by atoms with van der Waals surface area (Å²) in [5.74, 6) is 3.32. The Hall–Kier alpha value is -4.62. The van der Waals surface area contributed by atoms with Gasteiger partial charge in [0.2, 0.25) is 0 Å². The Morgan fingerprint density at radius 2 is 1.41 bits per heavy atom. The average molecular weight is 506 g/mol. The predicted molar refractivity (Wildman–Crippen MR) is 129 cm³/mol. The molecule has 4 aromatic carbocycles. The Bertz CT molecular complexity index is 1640. The van der Waals surface area contributed by atoms with Gasteiger partial charge in [0.05, 0.1) is 11.1 Å². The second-order valence-corrected chi connectivity index (χ2v) is 7.76. The number of hydrogen-bond acceptors (Lipinski definition) is 1. The van der Waals surface area contributed by atoms with Gasteiger partial charge >= 0.3 is 0 Å². The highest BCUT2D eigenvalue weighted by Gasteiger charge is 2.13. The number of ether oxygens (including phenoxy) is 1. The molecule has 0 radical (unpaired) electrons. The van der Waals surface area contributed by atoms with Crippen molar-refractivity contribution in [1.82, 2.24) is 0 Å². The van der Waals surface area contributed by atoms with E-state index in [1.807, 2.05) is 6.92 Å². The lowest BCUT2D eigenvalue weighted by molar-refractivity contribution is 0.360. The van der Waals surface area contributed by atoms with Crippen molar-refractivity contribution in [2.75, 3.05) is 6.61 Å². The summed E-state index contributed by atoms with van der Waals surface area (Å²) in [6.45, 7) is 2.11. The first-order valence-electron chi connectivity index (χ1n) is 10.9. The SMILES string of the molecule is C/C=C/COc1ccc(C#Cc2cc(F)c(C#Cc3ccc4c(F)c(F)c(F)cc4c3)c(F)c2)c(F)c1. The van der Waals surface area contributed by atoms with Crippen LogP contribution in [0.5, 0.6) is 5.75 Å². The number of benzene rings is 4. The van der Waals surface area contributed by atoms with Gasteiger partial charge in [-0.25, -0.2) is 26.3 Å². The molecule has 0 saturated carbocycles. The van der Waals surface area contributed by atoms with Crippen LogP contribution in [0.3, 0.4) is 0 Å². The van der Waals surface area contributed by atoms with Crippen LogP contribution in [0.4, 0.5) is 26.3 Å². The molecule has 0 unspecified atom stereocenters. The van der Waals surface area contributed by atoms with E-state index < -0.39 is 40.5 Å². The lowest BCUT2D eigenvalue weighted by atomic mass is 10.1. The fraction of sp³-hybridized carbons (Fsp3) is 0.0667. The molecular formula is C30H16F6O. The summed E-state index contributed by atoms with van der Waals surface area (Å²) in [6.07, 6.45) is 3.55. The maximum Gasteiger partial charge on any atom is 0.195 e. The zero-order chi connectivity index (χ0) is 26.5. The zero-order valence-corrected chi connectivity index (χ0v) is 19.2. The Morgan fingerprint density at radius 1 is 0.676 bits per heavy atom. The summed E-state index contributed by atoms with van der Waals surface area (Å²) in [7, 11) is 0. The molecule has 0 heterocycles. The van der Waals surface area contributed by atoms with Crippen LogP contribution in [-0.4, -0.2) is 6.61 Å². The molecule has 0 spiro atoms. The van der Waals surface area contributed by atoms with Crippen LogP contribution in [-0.2, 0) is 0 Å². The van der Waals surface area contributed by atoms with Crippen LogP contribution in [0.25, 0.3) is 10.8 Å². The number of fused-ring (bicyclic) bond motifs is 1. The van der Waals surface area contributed by atoms with Crippen molar-refractivity contribution in [2.45, 2.75) is 6.92 Å². The molecule has 4 rings (SSSR count). The van der Waals surface area contributed by atoms with Crippen LogP contribution in [0.1, 0.15) is 29.2 Å². The molecule has 1 nitrogen and oxygen atoms in total. The van der Waals surface area contributed by atoms with Crippen LogP contribution in [0.15, 0.2) is 66.7 Å². The largest absolute Gasteiger partial charge is 0.489 e. The summed E-state index contributed by atoms with van der Waals surface area (Å²) in [4.78, 5) is 0. The second kappa shape index (κ2) is 11.0. The van der Waals surface area contributed by atoms with Gasteiger partial charge in [0.15, 0.2) is 17.5 Å². The molecule has 0 N–H and O–H groups in total. The molecule has 37 heavy (non-hydrogen) atoms. The molecule has 0 atom stereocenters. The van der Waals surface area contributed by atoms with E-state index in [0.717, 1.165) is 18.2 Å². The first-order valence-corrected chi connectivity index (χ1v) is 10.9. The van der Waals surface area contributed by atoms with Crippen molar-refractivity contribution in [3.63, 3.8) is 0 Å². The van der Waals surface area contributed by atoms with Crippen LogP contribution < -0.4 is 4.74 Å². The Balaban J connectivity index is 1.57. The van der Waals surface area contributed by atoms with E-state index in [1.165, 1.54) is 36.4 Å². The van der Waals surface area contributed by atoms with Gasteiger partial charge in [0.1, 0.15) is 29.8 Å². The fourth-order valence-corrected chi connectivity index (χ4v) is 3.35. The monoisotopic (exact) mass is 506 g/mol. The highest BCUT2D eigenvalue weighted by Crippen LogP contribution is 2.24. The topological polar surface area (TPSA) is 9.23 Å². The quantitative estimate of drug-likeness (QED) is 0.122. The summed E-state index contributed by atoms with van der Waals surface area (Å²) in [6, 6.07) is 10.6. The molecular weight excluding hydrogens is 490 g/mol. The van der Waals surface area contributed by atoms with Crippen molar-refractivity contribution < 1.29 is 31.1 Å². The van der Waals surface area contributed by atoms with E-state index in [4.69, 9.17) is 4.74 Å². The van der Waals surface area contributed by atoms with Crippen LogP contribution in [0, 0.1) is 58.6 Å². The summed E-state index contributed by atoms with van der Waals surface area (Å²) in [5.41, 5.74) is -0.357. The zero-order valence-electron chi connectivity index (χ0n) is 19.2. The summed E-state index contributed by atoms with van der Waals surface area (Å²) in [5, 5.41) is -0.114. The lowest BCUT2D eigenvalue weighted by Gasteiger charge is -2.04.